The lowest BCUT2D eigenvalue weighted by Gasteiger charge is -2.74. The highest BCUT2D eigenvalue weighted by Crippen LogP contribution is 2.81. The summed E-state index contributed by atoms with van der Waals surface area (Å²) < 4.78 is 30.2. The molecule has 1 aromatic carbocycles. The third kappa shape index (κ3) is 3.59. The lowest BCUT2D eigenvalue weighted by Crippen LogP contribution is -2.76. The summed E-state index contributed by atoms with van der Waals surface area (Å²) in [5.41, 5.74) is -2.86. The summed E-state index contributed by atoms with van der Waals surface area (Å²) in [6.07, 6.45) is 5.51. The first-order valence-electron chi connectivity index (χ1n) is 17.4. The number of carbonyl (C=O) groups excluding carboxylic acids is 2. The van der Waals surface area contributed by atoms with Crippen LogP contribution in [0.4, 0.5) is 4.39 Å². The predicted octanol–water partition coefficient (Wildman–Crippen LogP) is 8.28. The van der Waals surface area contributed by atoms with Crippen molar-refractivity contribution in [2.24, 2.45) is 56.7 Å². The van der Waals surface area contributed by atoms with Crippen LogP contribution in [0.2, 0.25) is 0 Å². The quantitative estimate of drug-likeness (QED) is 0.341. The molecule has 2 bridgehead atoms. The minimum absolute atomic E-state index is 0.0569. The second-order valence-corrected chi connectivity index (χ2v) is 17.4. The summed E-state index contributed by atoms with van der Waals surface area (Å²) in [5.74, 6) is -1.02. The van der Waals surface area contributed by atoms with Gasteiger partial charge < -0.3 is 14.6 Å². The fraction of sp³-hybridized carbons (Fsp3) is 0.763. The van der Waals surface area contributed by atoms with E-state index in [4.69, 9.17) is 9.47 Å². The second-order valence-electron chi connectivity index (χ2n) is 17.4. The van der Waals surface area contributed by atoms with Crippen molar-refractivity contribution in [1.82, 2.24) is 0 Å². The molecule has 1 spiro atoms. The van der Waals surface area contributed by atoms with E-state index < -0.39 is 40.0 Å². The van der Waals surface area contributed by atoms with Gasteiger partial charge >= 0.3 is 17.9 Å². The van der Waals surface area contributed by atoms with Gasteiger partial charge in [0.05, 0.1) is 16.5 Å². The third-order valence-corrected chi connectivity index (χ3v) is 15.9. The predicted molar refractivity (Wildman–Crippen MR) is 167 cm³/mol. The van der Waals surface area contributed by atoms with Crippen LogP contribution in [-0.2, 0) is 14.3 Å². The van der Waals surface area contributed by atoms with Crippen LogP contribution >= 0.6 is 0 Å². The molecule has 0 radical (unpaired) electrons. The number of ether oxygens (including phenoxy) is 2. The average Bonchev–Trinajstić information content (AvgIpc) is 3.20. The molecule has 7 rings (SSSR count). The molecule has 5 aliphatic carbocycles. The maximum Gasteiger partial charge on any atom is 0.339 e. The van der Waals surface area contributed by atoms with Gasteiger partial charge in [-0.2, -0.15) is 0 Å². The zero-order valence-electron chi connectivity index (χ0n) is 28.1. The molecule has 6 fully saturated rings. The van der Waals surface area contributed by atoms with Crippen molar-refractivity contribution in [2.75, 3.05) is 0 Å². The number of rotatable bonds is 3. The molecule has 1 aliphatic heterocycles. The number of fused-ring (bicyclic) bond motifs is 4. The van der Waals surface area contributed by atoms with Crippen molar-refractivity contribution in [3.8, 4) is 0 Å². The van der Waals surface area contributed by atoms with Gasteiger partial charge in [0.1, 0.15) is 12.3 Å². The first kappa shape index (κ1) is 31.2. The van der Waals surface area contributed by atoms with Gasteiger partial charge in [0.25, 0.3) is 0 Å². The smallest absolute Gasteiger partial charge is 0.339 e. The molecule has 6 aliphatic rings. The van der Waals surface area contributed by atoms with Gasteiger partial charge in [0, 0.05) is 16.7 Å². The van der Waals surface area contributed by atoms with Crippen molar-refractivity contribution in [3.05, 3.63) is 35.4 Å². The Balaban J connectivity index is 1.22. The van der Waals surface area contributed by atoms with Gasteiger partial charge in [-0.1, -0.05) is 60.6 Å². The Morgan fingerprint density at radius 3 is 2.29 bits per heavy atom. The molecule has 0 unspecified atom stereocenters. The molecule has 7 heteroatoms. The fourth-order valence-corrected chi connectivity index (χ4v) is 13.3. The molecule has 5 saturated carbocycles. The monoisotopic (exact) mass is 622 g/mol. The number of aromatic carboxylic acids is 1. The van der Waals surface area contributed by atoms with Gasteiger partial charge in [-0.05, 0) is 104 Å². The highest BCUT2D eigenvalue weighted by Gasteiger charge is 2.84. The van der Waals surface area contributed by atoms with E-state index in [1.807, 2.05) is 0 Å². The van der Waals surface area contributed by atoms with Crippen LogP contribution in [-0.4, -0.2) is 40.9 Å². The minimum Gasteiger partial charge on any atom is -0.478 e. The highest BCUT2D eigenvalue weighted by atomic mass is 19.1. The normalized spacial score (nSPS) is 49.4. The number of alkyl halides is 1. The van der Waals surface area contributed by atoms with Gasteiger partial charge in [-0.3, -0.25) is 4.79 Å². The molecule has 0 amide bonds. The van der Waals surface area contributed by atoms with E-state index >= 15 is 4.39 Å². The van der Waals surface area contributed by atoms with Crippen LogP contribution < -0.4 is 0 Å². The Morgan fingerprint density at radius 1 is 0.911 bits per heavy atom. The molecule has 1 saturated heterocycles. The third-order valence-electron chi connectivity index (χ3n) is 15.9. The van der Waals surface area contributed by atoms with Crippen LogP contribution in [0.25, 0.3) is 0 Å². The van der Waals surface area contributed by atoms with E-state index in [2.05, 4.69) is 48.5 Å². The van der Waals surface area contributed by atoms with Crippen molar-refractivity contribution >= 4 is 17.9 Å². The van der Waals surface area contributed by atoms with Crippen LogP contribution in [0.1, 0.15) is 127 Å². The van der Waals surface area contributed by atoms with Crippen LogP contribution in [0.5, 0.6) is 0 Å². The van der Waals surface area contributed by atoms with E-state index in [0.717, 1.165) is 44.9 Å². The molecule has 1 N–H and O–H groups in total. The van der Waals surface area contributed by atoms with E-state index in [-0.39, 0.29) is 57.7 Å². The average molecular weight is 623 g/mol. The zero-order valence-corrected chi connectivity index (χ0v) is 28.1. The summed E-state index contributed by atoms with van der Waals surface area (Å²) in [4.78, 5) is 39.0. The largest absolute Gasteiger partial charge is 0.478 e. The second kappa shape index (κ2) is 9.56. The Kier molecular flexibility index (Phi) is 6.62. The van der Waals surface area contributed by atoms with Gasteiger partial charge in [0.2, 0.25) is 0 Å². The fourth-order valence-electron chi connectivity index (χ4n) is 13.3. The van der Waals surface area contributed by atoms with Crippen molar-refractivity contribution in [3.63, 3.8) is 0 Å². The number of carboxylic acid groups (broad SMARTS) is 1. The molecular weight excluding hydrogens is 571 g/mol. The van der Waals surface area contributed by atoms with Gasteiger partial charge in [-0.25, -0.2) is 14.0 Å². The summed E-state index contributed by atoms with van der Waals surface area (Å²) in [5, 5.41) is 9.65. The van der Waals surface area contributed by atoms with E-state index in [1.165, 1.54) is 12.1 Å². The van der Waals surface area contributed by atoms with Crippen LogP contribution in [0.15, 0.2) is 24.3 Å². The maximum atomic E-state index is 17.5. The summed E-state index contributed by atoms with van der Waals surface area (Å²) >= 11 is 0. The number of halogens is 1. The Hall–Kier alpha value is -2.44. The SMILES string of the molecule is C[C@H]1[C@H](C)CC[C@@]23CC[C@]4(C)[C@](OC2=O)([C@H](F)C[C@@H]2[C@@]5(C)CC[C@H](OC(=O)c6ccccc6C(=O)O)C(C)(C)[C@@H]5CC[C@]24C)[C@H]13. The Labute approximate surface area is 267 Å². The van der Waals surface area contributed by atoms with E-state index in [0.29, 0.717) is 18.8 Å². The lowest BCUT2D eigenvalue weighted by molar-refractivity contribution is -0.310. The molecule has 12 atom stereocenters. The number of benzene rings is 1. The standard InChI is InChI=1S/C38H51FO6/c1-21-12-17-37-19-18-36(7)35(6)16-13-25-33(3,4)28(44-31(42)24-11-9-8-10-23(24)30(40)41)14-15-34(25,5)26(35)20-27(39)38(36,45-32(37)43)29(37)22(21)2/h8-11,21-22,25-29H,12-20H2,1-7H3,(H,40,41)/t21-,22+,25+,26-,27-,28+,29-,34+,35-,36+,37+,38+/m1/s1. The Morgan fingerprint density at radius 2 is 1.60 bits per heavy atom. The van der Waals surface area contributed by atoms with E-state index in [1.54, 1.807) is 12.1 Å². The number of carboxylic acids is 1. The lowest BCUT2D eigenvalue weighted by atomic mass is 9.30. The number of carbonyl (C=O) groups is 3. The summed E-state index contributed by atoms with van der Waals surface area (Å²) in [6, 6.07) is 6.21. The molecule has 45 heavy (non-hydrogen) atoms. The number of esters is 2. The molecule has 1 aromatic rings. The molecule has 246 valence electrons. The maximum absolute atomic E-state index is 17.5. The molecular formula is C38H51FO6. The summed E-state index contributed by atoms with van der Waals surface area (Å²) in [6.45, 7) is 15.9. The van der Waals surface area contributed by atoms with Crippen molar-refractivity contribution in [1.29, 1.82) is 0 Å². The van der Waals surface area contributed by atoms with Gasteiger partial charge in [0.15, 0.2) is 5.60 Å². The van der Waals surface area contributed by atoms with Gasteiger partial charge in [-0.15, -0.1) is 0 Å². The van der Waals surface area contributed by atoms with Crippen LogP contribution in [0.3, 0.4) is 0 Å². The minimum atomic E-state index is -1.22. The summed E-state index contributed by atoms with van der Waals surface area (Å²) in [7, 11) is 0. The molecule has 6 nitrogen and oxygen atoms in total. The Bertz CT molecular complexity index is 1460. The number of hydrogen-bond donors (Lipinski definition) is 1. The van der Waals surface area contributed by atoms with Crippen molar-refractivity contribution < 1.29 is 33.4 Å². The first-order chi connectivity index (χ1) is 21.0. The highest BCUT2D eigenvalue weighted by molar-refractivity contribution is 6.02. The number of hydrogen-bond acceptors (Lipinski definition) is 5. The topological polar surface area (TPSA) is 89.9 Å². The molecule has 0 aromatic heterocycles. The first-order valence-corrected chi connectivity index (χ1v) is 17.4. The van der Waals surface area contributed by atoms with Crippen molar-refractivity contribution in [2.45, 2.75) is 124 Å². The van der Waals surface area contributed by atoms with Crippen LogP contribution in [0, 0.1) is 56.7 Å². The zero-order chi connectivity index (χ0) is 32.5. The molecule has 1 heterocycles. The van der Waals surface area contributed by atoms with E-state index in [9.17, 15) is 19.5 Å².